The van der Waals surface area contributed by atoms with Crippen LogP contribution in [0.2, 0.25) is 0 Å². The van der Waals surface area contributed by atoms with E-state index in [0.29, 0.717) is 6.54 Å². The number of unbranched alkanes of at least 4 members (excludes halogenated alkanes) is 3. The molecule has 77 valence electrons. The Kier molecular flexibility index (Phi) is 5.31. The first-order chi connectivity index (χ1) is 6.86. The first-order valence-corrected chi connectivity index (χ1v) is 5.56. The minimum Gasteiger partial charge on any atom is -0.326 e. The third-order valence-electron chi connectivity index (χ3n) is 2.46. The fourth-order valence-electron chi connectivity index (χ4n) is 1.58. The van der Waals surface area contributed by atoms with Gasteiger partial charge in [0.05, 0.1) is 0 Å². The van der Waals surface area contributed by atoms with Crippen LogP contribution in [0.3, 0.4) is 0 Å². The van der Waals surface area contributed by atoms with Crippen LogP contribution in [0.5, 0.6) is 0 Å². The first kappa shape index (κ1) is 11.3. The Morgan fingerprint density at radius 3 is 2.86 bits per heavy atom. The fraction of sp³-hybridized carbons (Fsp3) is 0.538. The summed E-state index contributed by atoms with van der Waals surface area (Å²) in [5.74, 6) is 0. The topological polar surface area (TPSA) is 26.0 Å². The van der Waals surface area contributed by atoms with Crippen molar-refractivity contribution in [3.63, 3.8) is 0 Å². The molecule has 0 saturated heterocycles. The third kappa shape index (κ3) is 3.93. The van der Waals surface area contributed by atoms with Crippen LogP contribution in [0.25, 0.3) is 0 Å². The molecule has 0 fully saturated rings. The van der Waals surface area contributed by atoms with Crippen molar-refractivity contribution < 1.29 is 0 Å². The molecule has 1 nitrogen and oxygen atoms in total. The molecular formula is C13H20N. The quantitative estimate of drug-likeness (QED) is 0.685. The highest BCUT2D eigenvalue weighted by Crippen LogP contribution is 2.09. The van der Waals surface area contributed by atoms with E-state index in [0.717, 1.165) is 6.42 Å². The van der Waals surface area contributed by atoms with Crippen LogP contribution in [0.4, 0.5) is 0 Å². The van der Waals surface area contributed by atoms with Gasteiger partial charge in [0, 0.05) is 6.54 Å². The van der Waals surface area contributed by atoms with Crippen molar-refractivity contribution in [1.29, 1.82) is 0 Å². The summed E-state index contributed by atoms with van der Waals surface area (Å²) in [6.45, 7) is 2.87. The number of rotatable bonds is 6. The highest BCUT2D eigenvalue weighted by Gasteiger charge is 1.95. The second-order valence-electron chi connectivity index (χ2n) is 3.74. The van der Waals surface area contributed by atoms with Crippen molar-refractivity contribution in [2.24, 2.45) is 5.73 Å². The molecule has 1 heteroatoms. The molecule has 0 aliphatic heterocycles. The first-order valence-electron chi connectivity index (χ1n) is 5.56. The lowest BCUT2D eigenvalue weighted by Gasteiger charge is -2.02. The standard InChI is InChI=1S/C13H20N/c1-2-3-4-5-7-12-8-6-9-13(10-12)11-14/h6,9-10H,2-5,7,11,14H2,1H3. The Balaban J connectivity index is 2.34. The summed E-state index contributed by atoms with van der Waals surface area (Å²) in [5, 5.41) is 0. The maximum atomic E-state index is 5.58. The van der Waals surface area contributed by atoms with Gasteiger partial charge in [-0.05, 0) is 30.0 Å². The van der Waals surface area contributed by atoms with Crippen molar-refractivity contribution in [3.05, 3.63) is 35.4 Å². The summed E-state index contributed by atoms with van der Waals surface area (Å²) in [6, 6.07) is 9.46. The van der Waals surface area contributed by atoms with Gasteiger partial charge in [-0.25, -0.2) is 0 Å². The van der Waals surface area contributed by atoms with Crippen LogP contribution in [0.1, 0.15) is 43.7 Å². The molecule has 14 heavy (non-hydrogen) atoms. The molecule has 0 spiro atoms. The zero-order valence-electron chi connectivity index (χ0n) is 9.05. The molecule has 1 aromatic carbocycles. The zero-order valence-corrected chi connectivity index (χ0v) is 9.05. The maximum absolute atomic E-state index is 5.58. The Morgan fingerprint density at radius 2 is 2.14 bits per heavy atom. The van der Waals surface area contributed by atoms with E-state index in [1.807, 2.05) is 12.1 Å². The molecule has 0 heterocycles. The van der Waals surface area contributed by atoms with Gasteiger partial charge in [-0.15, -0.1) is 0 Å². The Hall–Kier alpha value is -0.820. The van der Waals surface area contributed by atoms with Crippen LogP contribution >= 0.6 is 0 Å². The highest BCUT2D eigenvalue weighted by molar-refractivity contribution is 5.22. The molecule has 0 saturated carbocycles. The predicted molar refractivity (Wildman–Crippen MR) is 61.0 cm³/mol. The van der Waals surface area contributed by atoms with Gasteiger partial charge in [0.15, 0.2) is 0 Å². The molecule has 1 aromatic rings. The molecule has 0 aromatic heterocycles. The lowest BCUT2D eigenvalue weighted by atomic mass is 10.0. The summed E-state index contributed by atoms with van der Waals surface area (Å²) in [6.07, 6.45) is 6.40. The zero-order chi connectivity index (χ0) is 10.2. The molecule has 0 bridgehead atoms. The van der Waals surface area contributed by atoms with Gasteiger partial charge in [-0.3, -0.25) is 0 Å². The van der Waals surface area contributed by atoms with Crippen molar-refractivity contribution >= 4 is 0 Å². The Labute approximate surface area is 87.3 Å². The highest BCUT2D eigenvalue weighted by atomic mass is 14.5. The van der Waals surface area contributed by atoms with Crippen molar-refractivity contribution in [1.82, 2.24) is 0 Å². The molecule has 2 N–H and O–H groups in total. The van der Waals surface area contributed by atoms with Gasteiger partial charge in [0.1, 0.15) is 0 Å². The SMILES string of the molecule is CCCCCCc1[c]ccc(CN)c1. The van der Waals surface area contributed by atoms with Crippen molar-refractivity contribution in [2.75, 3.05) is 0 Å². The smallest absolute Gasteiger partial charge is 0.0178 e. The maximum Gasteiger partial charge on any atom is 0.0178 e. The molecule has 0 aliphatic rings. The average Bonchev–Trinajstić information content (AvgIpc) is 2.25. The molecule has 1 radical (unpaired) electrons. The minimum absolute atomic E-state index is 0.636. The predicted octanol–water partition coefficient (Wildman–Crippen LogP) is 3.07. The number of hydrogen-bond acceptors (Lipinski definition) is 1. The monoisotopic (exact) mass is 190 g/mol. The number of hydrogen-bond donors (Lipinski definition) is 1. The Bertz CT molecular complexity index is 255. The van der Waals surface area contributed by atoms with Gasteiger partial charge in [-0.2, -0.15) is 0 Å². The van der Waals surface area contributed by atoms with E-state index in [4.69, 9.17) is 5.73 Å². The van der Waals surface area contributed by atoms with E-state index in [1.54, 1.807) is 0 Å². The lowest BCUT2D eigenvalue weighted by Crippen LogP contribution is -1.97. The van der Waals surface area contributed by atoms with Crippen molar-refractivity contribution in [2.45, 2.75) is 45.6 Å². The van der Waals surface area contributed by atoms with Gasteiger partial charge >= 0.3 is 0 Å². The summed E-state index contributed by atoms with van der Waals surface area (Å²) < 4.78 is 0. The second-order valence-corrected chi connectivity index (χ2v) is 3.74. The van der Waals surface area contributed by atoms with Crippen LogP contribution < -0.4 is 5.73 Å². The molecular weight excluding hydrogens is 170 g/mol. The van der Waals surface area contributed by atoms with Crippen LogP contribution in [0, 0.1) is 6.07 Å². The van der Waals surface area contributed by atoms with E-state index < -0.39 is 0 Å². The van der Waals surface area contributed by atoms with Gasteiger partial charge < -0.3 is 5.73 Å². The van der Waals surface area contributed by atoms with Gasteiger partial charge in [-0.1, -0.05) is 44.4 Å². The lowest BCUT2D eigenvalue weighted by molar-refractivity contribution is 0.666. The van der Waals surface area contributed by atoms with E-state index in [-0.39, 0.29) is 0 Å². The average molecular weight is 190 g/mol. The van der Waals surface area contributed by atoms with Crippen LogP contribution in [0.15, 0.2) is 18.2 Å². The second kappa shape index (κ2) is 6.61. The molecule has 0 aliphatic carbocycles. The van der Waals surface area contributed by atoms with Gasteiger partial charge in [0.2, 0.25) is 0 Å². The number of nitrogens with two attached hydrogens (primary N) is 1. The third-order valence-corrected chi connectivity index (χ3v) is 2.46. The largest absolute Gasteiger partial charge is 0.326 e. The summed E-state index contributed by atoms with van der Waals surface area (Å²) in [7, 11) is 0. The normalized spacial score (nSPS) is 10.4. The summed E-state index contributed by atoms with van der Waals surface area (Å²) in [4.78, 5) is 0. The molecule has 1 rings (SSSR count). The summed E-state index contributed by atoms with van der Waals surface area (Å²) >= 11 is 0. The molecule has 0 unspecified atom stereocenters. The van der Waals surface area contributed by atoms with Crippen LogP contribution in [-0.2, 0) is 13.0 Å². The fourth-order valence-corrected chi connectivity index (χ4v) is 1.58. The van der Waals surface area contributed by atoms with E-state index >= 15 is 0 Å². The van der Waals surface area contributed by atoms with Crippen LogP contribution in [-0.4, -0.2) is 0 Å². The number of aryl methyl sites for hydroxylation is 1. The number of benzene rings is 1. The summed E-state index contributed by atoms with van der Waals surface area (Å²) in [5.41, 5.74) is 8.11. The van der Waals surface area contributed by atoms with E-state index in [9.17, 15) is 0 Å². The minimum atomic E-state index is 0.636. The van der Waals surface area contributed by atoms with Crippen molar-refractivity contribution in [3.8, 4) is 0 Å². The molecule has 0 amide bonds. The van der Waals surface area contributed by atoms with E-state index in [2.05, 4.69) is 19.1 Å². The molecule has 0 atom stereocenters. The van der Waals surface area contributed by atoms with Gasteiger partial charge in [0.25, 0.3) is 0 Å². The van der Waals surface area contributed by atoms with E-state index in [1.165, 1.54) is 36.8 Å². The Morgan fingerprint density at radius 1 is 1.29 bits per heavy atom.